The number of hydrogen-bond donors (Lipinski definition) is 2. The average molecular weight is 529 g/mol. The van der Waals surface area contributed by atoms with Crippen molar-refractivity contribution in [3.63, 3.8) is 0 Å². The summed E-state index contributed by atoms with van der Waals surface area (Å²) >= 11 is 0. The molecule has 1 aromatic carbocycles. The fraction of sp³-hybridized carbons (Fsp3) is 0.379. The number of hydrogen-bond acceptors (Lipinski definition) is 7. The molecule has 6 rings (SSSR count). The SMILES string of the molecule is COC1CC[C@H]1Cn1cc(C2CC2)cc(Nc2nc3ccc(Oc4ccnc(NC(C)=O)c4)cc3n2C)c1=O. The molecule has 3 aromatic heterocycles. The molecule has 202 valence electrons. The standard InChI is InChI=1S/C29H32N6O4/c1-17(36)31-27-14-22(10-11-30-27)39-21-7-8-23-25(13-21)34(2)29(32-23)33-24-12-20(18-4-5-18)16-35(28(24)37)15-19-6-9-26(19)38-3/h7-8,10-14,16,18-19,26H,4-6,9,15H2,1-3H3,(H,32,33)(H,30,31,36)/t19-,26?/m0/s1. The molecule has 1 amide bonds. The summed E-state index contributed by atoms with van der Waals surface area (Å²) in [6, 6.07) is 11.0. The highest BCUT2D eigenvalue weighted by Crippen LogP contribution is 2.41. The highest BCUT2D eigenvalue weighted by atomic mass is 16.5. The third kappa shape index (κ3) is 5.24. The summed E-state index contributed by atoms with van der Waals surface area (Å²) in [5, 5.41) is 5.98. The van der Waals surface area contributed by atoms with Crippen LogP contribution in [0.3, 0.4) is 0 Å². The Bertz CT molecular complexity index is 1600. The summed E-state index contributed by atoms with van der Waals surface area (Å²) in [4.78, 5) is 33.7. The van der Waals surface area contributed by atoms with Crippen LogP contribution in [0.1, 0.15) is 44.1 Å². The van der Waals surface area contributed by atoms with Crippen molar-refractivity contribution in [1.29, 1.82) is 0 Å². The summed E-state index contributed by atoms with van der Waals surface area (Å²) in [5.41, 5.74) is 3.30. The molecule has 0 radical (unpaired) electrons. The lowest BCUT2D eigenvalue weighted by molar-refractivity contribution is -0.114. The number of fused-ring (bicyclic) bond motifs is 1. The monoisotopic (exact) mass is 528 g/mol. The lowest BCUT2D eigenvalue weighted by Gasteiger charge is -2.35. The minimum Gasteiger partial charge on any atom is -0.457 e. The van der Waals surface area contributed by atoms with Gasteiger partial charge in [-0.05, 0) is 61.4 Å². The highest BCUT2D eigenvalue weighted by Gasteiger charge is 2.32. The Morgan fingerprint density at radius 2 is 1.92 bits per heavy atom. The van der Waals surface area contributed by atoms with Crippen LogP contribution < -0.4 is 20.9 Å². The number of imidazole rings is 1. The van der Waals surface area contributed by atoms with E-state index in [9.17, 15) is 9.59 Å². The van der Waals surface area contributed by atoms with Gasteiger partial charge in [0, 0.05) is 58.1 Å². The van der Waals surface area contributed by atoms with Crippen molar-refractivity contribution in [2.24, 2.45) is 13.0 Å². The van der Waals surface area contributed by atoms with Gasteiger partial charge in [0.25, 0.3) is 5.56 Å². The third-order valence-corrected chi connectivity index (χ3v) is 7.61. The number of ether oxygens (including phenoxy) is 2. The van der Waals surface area contributed by atoms with E-state index < -0.39 is 0 Å². The third-order valence-electron chi connectivity index (χ3n) is 7.61. The van der Waals surface area contributed by atoms with Crippen LogP contribution in [-0.2, 0) is 23.1 Å². The predicted molar refractivity (Wildman–Crippen MR) is 149 cm³/mol. The van der Waals surface area contributed by atoms with Gasteiger partial charge >= 0.3 is 0 Å². The maximum Gasteiger partial charge on any atom is 0.274 e. The van der Waals surface area contributed by atoms with Crippen LogP contribution in [0.2, 0.25) is 0 Å². The Morgan fingerprint density at radius 3 is 2.64 bits per heavy atom. The fourth-order valence-corrected chi connectivity index (χ4v) is 5.16. The maximum absolute atomic E-state index is 13.5. The van der Waals surface area contributed by atoms with Crippen LogP contribution in [0.4, 0.5) is 17.5 Å². The zero-order chi connectivity index (χ0) is 27.1. The second kappa shape index (κ2) is 10.2. The quantitative estimate of drug-likeness (QED) is 0.317. The van der Waals surface area contributed by atoms with Gasteiger partial charge in [0.15, 0.2) is 0 Å². The van der Waals surface area contributed by atoms with Gasteiger partial charge in [-0.15, -0.1) is 0 Å². The second-order valence-electron chi connectivity index (χ2n) is 10.5. The minimum atomic E-state index is -0.201. The van der Waals surface area contributed by atoms with Crippen molar-refractivity contribution in [1.82, 2.24) is 19.1 Å². The summed E-state index contributed by atoms with van der Waals surface area (Å²) in [5.74, 6) is 2.83. The van der Waals surface area contributed by atoms with Crippen LogP contribution in [-0.4, -0.2) is 38.2 Å². The van der Waals surface area contributed by atoms with Crippen LogP contribution in [0.15, 0.2) is 53.6 Å². The first-order valence-electron chi connectivity index (χ1n) is 13.3. The Hall–Kier alpha value is -4.18. The summed E-state index contributed by atoms with van der Waals surface area (Å²) in [6.07, 6.45) is 8.26. The molecule has 39 heavy (non-hydrogen) atoms. The normalized spacial score (nSPS) is 18.5. The highest BCUT2D eigenvalue weighted by molar-refractivity contribution is 5.87. The molecule has 10 heteroatoms. The summed E-state index contributed by atoms with van der Waals surface area (Å²) < 4.78 is 15.4. The smallest absolute Gasteiger partial charge is 0.274 e. The molecule has 2 saturated carbocycles. The van der Waals surface area contributed by atoms with Gasteiger partial charge in [-0.25, -0.2) is 9.97 Å². The van der Waals surface area contributed by atoms with Crippen LogP contribution >= 0.6 is 0 Å². The number of nitrogens with zero attached hydrogens (tertiary/aromatic N) is 4. The largest absolute Gasteiger partial charge is 0.457 e. The van der Waals surface area contributed by atoms with E-state index in [1.165, 1.54) is 12.5 Å². The van der Waals surface area contributed by atoms with Gasteiger partial charge < -0.3 is 29.2 Å². The zero-order valence-electron chi connectivity index (χ0n) is 22.3. The number of aryl methyl sites for hydroxylation is 1. The van der Waals surface area contributed by atoms with Gasteiger partial charge in [-0.1, -0.05) is 0 Å². The molecule has 2 atom stereocenters. The van der Waals surface area contributed by atoms with E-state index in [1.807, 2.05) is 46.6 Å². The molecule has 2 aliphatic carbocycles. The Labute approximate surface area is 226 Å². The van der Waals surface area contributed by atoms with Crippen molar-refractivity contribution in [3.8, 4) is 11.5 Å². The van der Waals surface area contributed by atoms with Gasteiger partial charge in [0.1, 0.15) is 23.0 Å². The number of aromatic nitrogens is 4. The van der Waals surface area contributed by atoms with Crippen LogP contribution in [0.5, 0.6) is 11.5 Å². The topological polar surface area (TPSA) is 112 Å². The second-order valence-corrected chi connectivity index (χ2v) is 10.5. The molecular weight excluding hydrogens is 496 g/mol. The summed E-state index contributed by atoms with van der Waals surface area (Å²) in [7, 11) is 3.65. The van der Waals surface area contributed by atoms with E-state index in [0.29, 0.717) is 47.3 Å². The molecule has 2 N–H and O–H groups in total. The lowest BCUT2D eigenvalue weighted by atomic mass is 9.81. The molecule has 0 saturated heterocycles. The van der Waals surface area contributed by atoms with Gasteiger partial charge in [0.05, 0.1) is 17.1 Å². The van der Waals surface area contributed by atoms with Gasteiger partial charge in [0.2, 0.25) is 11.9 Å². The molecular formula is C29H32N6O4. The average Bonchev–Trinajstić information content (AvgIpc) is 3.69. The zero-order valence-corrected chi connectivity index (χ0v) is 22.3. The molecule has 0 aliphatic heterocycles. The number of benzene rings is 1. The molecule has 1 unspecified atom stereocenters. The number of amides is 1. The van der Waals surface area contributed by atoms with E-state index in [-0.39, 0.29) is 17.6 Å². The molecule has 10 nitrogen and oxygen atoms in total. The van der Waals surface area contributed by atoms with Crippen molar-refractivity contribution >= 4 is 34.4 Å². The van der Waals surface area contributed by atoms with E-state index in [4.69, 9.17) is 14.5 Å². The Balaban J connectivity index is 1.27. The number of carbonyl (C=O) groups excluding carboxylic acids is 1. The Kier molecular flexibility index (Phi) is 6.56. The number of rotatable bonds is 9. The Morgan fingerprint density at radius 1 is 1.10 bits per heavy atom. The van der Waals surface area contributed by atoms with E-state index in [2.05, 4.69) is 15.6 Å². The predicted octanol–water partition coefficient (Wildman–Crippen LogP) is 4.93. The van der Waals surface area contributed by atoms with E-state index >= 15 is 0 Å². The van der Waals surface area contributed by atoms with Crippen molar-refractivity contribution in [2.45, 2.75) is 51.2 Å². The van der Waals surface area contributed by atoms with E-state index in [0.717, 1.165) is 36.7 Å². The van der Waals surface area contributed by atoms with Crippen LogP contribution in [0.25, 0.3) is 11.0 Å². The summed E-state index contributed by atoms with van der Waals surface area (Å²) in [6.45, 7) is 2.09. The van der Waals surface area contributed by atoms with Gasteiger partial charge in [-0.3, -0.25) is 9.59 Å². The number of pyridine rings is 2. The van der Waals surface area contributed by atoms with Crippen molar-refractivity contribution in [2.75, 3.05) is 17.7 Å². The van der Waals surface area contributed by atoms with E-state index in [1.54, 1.807) is 25.4 Å². The fourth-order valence-electron chi connectivity index (χ4n) is 5.16. The van der Waals surface area contributed by atoms with Crippen molar-refractivity contribution < 1.29 is 14.3 Å². The molecule has 3 heterocycles. The first-order valence-corrected chi connectivity index (χ1v) is 13.3. The molecule has 0 bridgehead atoms. The van der Waals surface area contributed by atoms with Crippen molar-refractivity contribution in [3.05, 3.63) is 64.7 Å². The first-order chi connectivity index (χ1) is 18.9. The molecule has 2 fully saturated rings. The maximum atomic E-state index is 13.5. The lowest BCUT2D eigenvalue weighted by Crippen LogP contribution is -2.38. The first kappa shape index (κ1) is 25.1. The molecule has 0 spiro atoms. The number of anilines is 3. The number of nitrogens with one attached hydrogen (secondary N) is 2. The molecule has 4 aromatic rings. The molecule has 2 aliphatic rings. The minimum absolute atomic E-state index is 0.0510. The van der Waals surface area contributed by atoms with Gasteiger partial charge in [-0.2, -0.15) is 0 Å². The number of methoxy groups -OCH3 is 1. The number of carbonyl (C=O) groups is 1. The van der Waals surface area contributed by atoms with Crippen LogP contribution in [0, 0.1) is 5.92 Å².